The molecule has 0 spiro atoms. The third-order valence-electron chi connectivity index (χ3n) is 6.47. The molecule has 1 heterocycles. The monoisotopic (exact) mass is 542 g/mol. The summed E-state index contributed by atoms with van der Waals surface area (Å²) in [4.78, 5) is 32.7. The fraction of sp³-hybridized carbons (Fsp3) is 0.258. The number of thiazole rings is 1. The van der Waals surface area contributed by atoms with Crippen LogP contribution in [-0.2, 0) is 17.7 Å². The van der Waals surface area contributed by atoms with Gasteiger partial charge in [0.1, 0.15) is 10.7 Å². The lowest BCUT2D eigenvalue weighted by molar-refractivity contribution is 0.0932. The number of hydrogen-bond acceptors (Lipinski definition) is 5. The van der Waals surface area contributed by atoms with Crippen LogP contribution >= 0.6 is 11.3 Å². The van der Waals surface area contributed by atoms with Crippen molar-refractivity contribution in [3.8, 4) is 0 Å². The number of benzene rings is 3. The number of para-hydroxylation sites is 1. The van der Waals surface area contributed by atoms with Gasteiger partial charge in [0.15, 0.2) is 0 Å². The molecule has 8 heteroatoms. The van der Waals surface area contributed by atoms with E-state index in [-0.39, 0.29) is 24.5 Å². The number of nitrogens with zero attached hydrogens (tertiary/aromatic N) is 2. The largest absolute Gasteiger partial charge is 0.383 e. The van der Waals surface area contributed by atoms with Crippen molar-refractivity contribution >= 4 is 29.0 Å². The average Bonchev–Trinajstić information content (AvgIpc) is 3.42. The van der Waals surface area contributed by atoms with E-state index >= 15 is 0 Å². The summed E-state index contributed by atoms with van der Waals surface area (Å²) in [6.07, 6.45) is 0.664. The van der Waals surface area contributed by atoms with Gasteiger partial charge in [-0.1, -0.05) is 78.9 Å². The SMILES string of the molecule is COCCN(Cc1nc(C(=O)NC(Cc2ccccc2)c2ccccc2)cs1)C(=O)Nc1c(C)cccc1C. The standard InChI is InChI=1S/C31H34N4O3S/c1-22-11-10-12-23(2)29(22)34-31(37)35(17-18-38-3)20-28-32-27(21-39-28)30(36)33-26(25-15-8-5-9-16-25)19-24-13-6-4-7-14-24/h4-16,21,26H,17-20H2,1-3H3,(H,33,36)(H,34,37). The molecule has 39 heavy (non-hydrogen) atoms. The maximum atomic E-state index is 13.3. The van der Waals surface area contributed by atoms with Crippen LogP contribution in [0.1, 0.15) is 43.8 Å². The zero-order valence-electron chi connectivity index (χ0n) is 22.5. The highest BCUT2D eigenvalue weighted by Crippen LogP contribution is 2.22. The molecule has 202 valence electrons. The molecule has 1 atom stereocenters. The molecular formula is C31H34N4O3S. The van der Waals surface area contributed by atoms with Crippen molar-refractivity contribution in [3.05, 3.63) is 117 Å². The van der Waals surface area contributed by atoms with Crippen molar-refractivity contribution < 1.29 is 14.3 Å². The summed E-state index contributed by atoms with van der Waals surface area (Å²) in [5.41, 5.74) is 5.28. The molecular weight excluding hydrogens is 508 g/mol. The van der Waals surface area contributed by atoms with Gasteiger partial charge >= 0.3 is 6.03 Å². The molecule has 7 nitrogen and oxygen atoms in total. The molecule has 0 fully saturated rings. The van der Waals surface area contributed by atoms with E-state index in [1.54, 1.807) is 17.4 Å². The van der Waals surface area contributed by atoms with Gasteiger partial charge in [0.2, 0.25) is 0 Å². The normalized spacial score (nSPS) is 11.6. The number of carbonyl (C=O) groups is 2. The van der Waals surface area contributed by atoms with E-state index in [2.05, 4.69) is 27.8 Å². The summed E-state index contributed by atoms with van der Waals surface area (Å²) >= 11 is 1.36. The van der Waals surface area contributed by atoms with Gasteiger partial charge in [0.25, 0.3) is 5.91 Å². The van der Waals surface area contributed by atoms with E-state index in [4.69, 9.17) is 4.74 Å². The average molecular weight is 543 g/mol. The Bertz CT molecular complexity index is 1350. The predicted octanol–water partition coefficient (Wildman–Crippen LogP) is 6.15. The van der Waals surface area contributed by atoms with E-state index in [1.165, 1.54) is 11.3 Å². The first-order valence-electron chi connectivity index (χ1n) is 12.9. The number of ether oxygens (including phenoxy) is 1. The number of hydrogen-bond donors (Lipinski definition) is 2. The Morgan fingerprint density at radius 2 is 1.62 bits per heavy atom. The van der Waals surface area contributed by atoms with Crippen LogP contribution in [0.15, 0.2) is 84.2 Å². The van der Waals surface area contributed by atoms with Crippen LogP contribution in [0.4, 0.5) is 10.5 Å². The fourth-order valence-corrected chi connectivity index (χ4v) is 5.11. The fourth-order valence-electron chi connectivity index (χ4n) is 4.32. The number of carbonyl (C=O) groups excluding carboxylic acids is 2. The Morgan fingerprint density at radius 1 is 0.949 bits per heavy atom. The van der Waals surface area contributed by atoms with Crippen LogP contribution in [-0.4, -0.2) is 42.1 Å². The van der Waals surface area contributed by atoms with Crippen LogP contribution in [0.2, 0.25) is 0 Å². The Labute approximate surface area is 233 Å². The first-order valence-corrected chi connectivity index (χ1v) is 13.8. The minimum absolute atomic E-state index is 0.201. The maximum absolute atomic E-state index is 13.3. The molecule has 0 aliphatic rings. The number of methoxy groups -OCH3 is 1. The van der Waals surface area contributed by atoms with Crippen molar-refractivity contribution in [2.45, 2.75) is 32.9 Å². The third kappa shape index (κ3) is 7.75. The Balaban J connectivity index is 1.46. The molecule has 3 amide bonds. The number of aryl methyl sites for hydroxylation is 2. The summed E-state index contributed by atoms with van der Waals surface area (Å²) in [6.45, 7) is 4.98. The van der Waals surface area contributed by atoms with Gasteiger partial charge in [-0.3, -0.25) is 4.79 Å². The van der Waals surface area contributed by atoms with Crippen LogP contribution in [0.5, 0.6) is 0 Å². The van der Waals surface area contributed by atoms with Gasteiger partial charge in [0.05, 0.1) is 19.2 Å². The number of amides is 3. The molecule has 1 unspecified atom stereocenters. The molecule has 2 N–H and O–H groups in total. The highest BCUT2D eigenvalue weighted by molar-refractivity contribution is 7.09. The number of urea groups is 1. The van der Waals surface area contributed by atoms with Gasteiger partial charge in [-0.05, 0) is 42.5 Å². The van der Waals surface area contributed by atoms with Crippen molar-refractivity contribution in [1.29, 1.82) is 0 Å². The molecule has 0 aliphatic carbocycles. The quantitative estimate of drug-likeness (QED) is 0.238. The third-order valence-corrected chi connectivity index (χ3v) is 7.30. The second-order valence-corrected chi connectivity index (χ2v) is 10.3. The summed E-state index contributed by atoms with van der Waals surface area (Å²) in [5.74, 6) is -0.245. The first-order chi connectivity index (χ1) is 18.9. The number of aromatic nitrogens is 1. The lowest BCUT2D eigenvalue weighted by Gasteiger charge is -2.23. The Hall–Kier alpha value is -4.01. The van der Waals surface area contributed by atoms with Crippen molar-refractivity contribution in [1.82, 2.24) is 15.2 Å². The number of nitrogens with one attached hydrogen (secondary N) is 2. The summed E-state index contributed by atoms with van der Waals surface area (Å²) in [7, 11) is 1.60. The van der Waals surface area contributed by atoms with Gasteiger partial charge in [-0.2, -0.15) is 0 Å². The number of anilines is 1. The highest BCUT2D eigenvalue weighted by atomic mass is 32.1. The lowest BCUT2D eigenvalue weighted by Crippen LogP contribution is -2.37. The van der Waals surface area contributed by atoms with Crippen LogP contribution in [0.3, 0.4) is 0 Å². The van der Waals surface area contributed by atoms with Gasteiger partial charge in [0, 0.05) is 24.7 Å². The molecule has 4 aromatic rings. The van der Waals surface area contributed by atoms with Crippen molar-refractivity contribution in [2.75, 3.05) is 25.6 Å². The molecule has 0 bridgehead atoms. The number of rotatable bonds is 11. The molecule has 1 aromatic heterocycles. The highest BCUT2D eigenvalue weighted by Gasteiger charge is 2.21. The maximum Gasteiger partial charge on any atom is 0.322 e. The van der Waals surface area contributed by atoms with E-state index < -0.39 is 0 Å². The lowest BCUT2D eigenvalue weighted by atomic mass is 9.99. The summed E-state index contributed by atoms with van der Waals surface area (Å²) in [6, 6.07) is 25.5. The van der Waals surface area contributed by atoms with Crippen LogP contribution in [0.25, 0.3) is 0 Å². The Morgan fingerprint density at radius 3 is 2.28 bits per heavy atom. The van der Waals surface area contributed by atoms with Gasteiger partial charge < -0.3 is 20.3 Å². The minimum atomic E-state index is -0.245. The smallest absolute Gasteiger partial charge is 0.322 e. The van der Waals surface area contributed by atoms with E-state index in [1.807, 2.05) is 80.6 Å². The van der Waals surface area contributed by atoms with E-state index in [0.29, 0.717) is 30.3 Å². The van der Waals surface area contributed by atoms with Gasteiger partial charge in [-0.25, -0.2) is 9.78 Å². The molecule has 0 aliphatic heterocycles. The van der Waals surface area contributed by atoms with E-state index in [9.17, 15) is 9.59 Å². The minimum Gasteiger partial charge on any atom is -0.383 e. The van der Waals surface area contributed by atoms with Crippen LogP contribution < -0.4 is 10.6 Å². The summed E-state index contributed by atoms with van der Waals surface area (Å²) < 4.78 is 5.23. The predicted molar refractivity (Wildman–Crippen MR) is 156 cm³/mol. The topological polar surface area (TPSA) is 83.6 Å². The van der Waals surface area contributed by atoms with Crippen molar-refractivity contribution in [2.24, 2.45) is 0 Å². The Kier molecular flexibility index (Phi) is 9.83. The van der Waals surface area contributed by atoms with Crippen molar-refractivity contribution in [3.63, 3.8) is 0 Å². The molecule has 0 radical (unpaired) electrons. The van der Waals surface area contributed by atoms with Crippen LogP contribution in [0, 0.1) is 13.8 Å². The second-order valence-electron chi connectivity index (χ2n) is 9.36. The summed E-state index contributed by atoms with van der Waals surface area (Å²) in [5, 5.41) is 8.61. The molecule has 0 saturated carbocycles. The molecule has 4 rings (SSSR count). The zero-order valence-corrected chi connectivity index (χ0v) is 23.3. The van der Waals surface area contributed by atoms with Gasteiger partial charge in [-0.15, -0.1) is 11.3 Å². The second kappa shape index (κ2) is 13.7. The van der Waals surface area contributed by atoms with E-state index in [0.717, 1.165) is 27.9 Å². The molecule has 0 saturated heterocycles. The molecule has 3 aromatic carbocycles. The first kappa shape index (κ1) is 28.0. The zero-order chi connectivity index (χ0) is 27.6.